The van der Waals surface area contributed by atoms with Crippen LogP contribution in [-0.2, 0) is 0 Å². The van der Waals surface area contributed by atoms with Crippen LogP contribution in [0.2, 0.25) is 0 Å². The first-order chi connectivity index (χ1) is 5.76. The Bertz CT molecular complexity index is 127. The average molecular weight is 229 g/mol. The average Bonchev–Trinajstić information content (AvgIpc) is 2.04. The molecule has 0 unspecified atom stereocenters. The maximum absolute atomic E-state index is 5.60. The third-order valence-electron chi connectivity index (χ3n) is 1.32. The van der Waals surface area contributed by atoms with Crippen LogP contribution in [0.3, 0.4) is 0 Å². The second-order valence-electron chi connectivity index (χ2n) is 2.20. The van der Waals surface area contributed by atoms with Gasteiger partial charge in [-0.3, -0.25) is 0 Å². The molecule has 0 aromatic rings. The summed E-state index contributed by atoms with van der Waals surface area (Å²) in [5.41, 5.74) is 0. The normalized spacial score (nSPS) is 9.58. The molecule has 0 bridgehead atoms. The van der Waals surface area contributed by atoms with Crippen LogP contribution in [-0.4, -0.2) is 41.4 Å². The van der Waals surface area contributed by atoms with Crippen molar-refractivity contribution in [2.75, 3.05) is 31.4 Å². The molecule has 0 aliphatic rings. The van der Waals surface area contributed by atoms with Crippen molar-refractivity contribution >= 4 is 40.5 Å². The summed E-state index contributed by atoms with van der Waals surface area (Å²) in [4.78, 5) is 1.97. The minimum atomic E-state index is 0.572. The molecule has 0 aromatic heterocycles. The lowest BCUT2D eigenvalue weighted by Crippen LogP contribution is -2.41. The molecule has 0 rings (SSSR count). The van der Waals surface area contributed by atoms with E-state index < -0.39 is 0 Å². The first-order valence-corrected chi connectivity index (χ1v) is 5.38. The lowest BCUT2D eigenvalue weighted by atomic mass is 10.5. The maximum atomic E-state index is 5.60. The van der Waals surface area contributed by atoms with Gasteiger partial charge in [0.2, 0.25) is 0 Å². The van der Waals surface area contributed by atoms with E-state index in [1.165, 1.54) is 0 Å². The van der Waals surface area contributed by atoms with Gasteiger partial charge >= 0.3 is 0 Å². The molecule has 2 nitrogen and oxygen atoms in total. The fraction of sp³-hybridized carbons (Fsp3) is 0.857. The van der Waals surface area contributed by atoms with Crippen LogP contribution in [0.25, 0.3) is 0 Å². The first kappa shape index (κ1) is 12.3. The Morgan fingerprint density at radius 3 is 2.17 bits per heavy atom. The van der Waals surface area contributed by atoms with Crippen molar-refractivity contribution in [3.05, 3.63) is 0 Å². The lowest BCUT2D eigenvalue weighted by Gasteiger charge is -2.23. The minimum Gasteiger partial charge on any atom is -0.363 e. The number of thiocarbonyl (C=S) groups is 1. The second-order valence-corrected chi connectivity index (χ2v) is 3.34. The zero-order valence-corrected chi connectivity index (χ0v) is 9.48. The van der Waals surface area contributed by atoms with Crippen molar-refractivity contribution in [2.24, 2.45) is 0 Å². The maximum Gasteiger partial charge on any atom is 0.169 e. The Morgan fingerprint density at radius 1 is 1.33 bits per heavy atom. The number of halogens is 2. The molecule has 0 saturated carbocycles. The van der Waals surface area contributed by atoms with E-state index in [1.807, 2.05) is 11.8 Å². The highest BCUT2D eigenvalue weighted by Crippen LogP contribution is 1.93. The molecule has 5 heteroatoms. The number of hydrogen-bond donors (Lipinski definition) is 1. The highest BCUT2D eigenvalue weighted by atomic mass is 35.5. The highest BCUT2D eigenvalue weighted by Gasteiger charge is 2.05. The molecule has 72 valence electrons. The molecule has 0 aliphatic carbocycles. The Hall–Kier alpha value is 0.270. The summed E-state index contributed by atoms with van der Waals surface area (Å²) in [5, 5.41) is 3.79. The van der Waals surface area contributed by atoms with E-state index in [4.69, 9.17) is 35.4 Å². The van der Waals surface area contributed by atoms with Gasteiger partial charge in [-0.2, -0.15) is 0 Å². The first-order valence-electron chi connectivity index (χ1n) is 3.91. The van der Waals surface area contributed by atoms with Gasteiger partial charge in [0, 0.05) is 31.4 Å². The summed E-state index contributed by atoms with van der Waals surface area (Å²) in [6, 6.07) is 0. The summed E-state index contributed by atoms with van der Waals surface area (Å²) in [5.74, 6) is 1.14. The predicted molar refractivity (Wildman–Crippen MR) is 59.3 cm³/mol. The second kappa shape index (κ2) is 7.90. The van der Waals surface area contributed by atoms with Gasteiger partial charge in [0.25, 0.3) is 0 Å². The van der Waals surface area contributed by atoms with Crippen molar-refractivity contribution in [1.82, 2.24) is 10.2 Å². The molecule has 1 N–H and O–H groups in total. The van der Waals surface area contributed by atoms with Gasteiger partial charge in [-0.05, 0) is 19.1 Å². The van der Waals surface area contributed by atoms with Gasteiger partial charge in [0.05, 0.1) is 0 Å². The summed E-state index contributed by atoms with van der Waals surface area (Å²) in [7, 11) is 0. The molecule has 0 amide bonds. The lowest BCUT2D eigenvalue weighted by molar-refractivity contribution is 0.462. The van der Waals surface area contributed by atoms with Crippen LogP contribution in [0.5, 0.6) is 0 Å². The summed E-state index contributed by atoms with van der Waals surface area (Å²) in [6.45, 7) is 4.34. The zero-order chi connectivity index (χ0) is 9.40. The number of nitrogens with one attached hydrogen (secondary N) is 1. The molecular weight excluding hydrogens is 215 g/mol. The summed E-state index contributed by atoms with van der Waals surface area (Å²) < 4.78 is 0. The largest absolute Gasteiger partial charge is 0.363 e. The van der Waals surface area contributed by atoms with E-state index in [1.54, 1.807) is 0 Å². The monoisotopic (exact) mass is 228 g/mol. The smallest absolute Gasteiger partial charge is 0.169 e. The van der Waals surface area contributed by atoms with Crippen molar-refractivity contribution < 1.29 is 0 Å². The number of hydrogen-bond acceptors (Lipinski definition) is 1. The van der Waals surface area contributed by atoms with Gasteiger partial charge in [-0.1, -0.05) is 0 Å². The highest BCUT2D eigenvalue weighted by molar-refractivity contribution is 7.80. The summed E-state index contributed by atoms with van der Waals surface area (Å²) in [6.07, 6.45) is 0. The van der Waals surface area contributed by atoms with Gasteiger partial charge in [0.1, 0.15) is 0 Å². The van der Waals surface area contributed by atoms with Gasteiger partial charge < -0.3 is 10.2 Å². The number of alkyl halides is 2. The topological polar surface area (TPSA) is 15.3 Å². The minimum absolute atomic E-state index is 0.572. The Labute approximate surface area is 89.2 Å². The zero-order valence-electron chi connectivity index (χ0n) is 7.15. The fourth-order valence-corrected chi connectivity index (χ4v) is 1.52. The fourth-order valence-electron chi connectivity index (χ4n) is 0.782. The molecule has 0 radical (unpaired) electrons. The number of nitrogens with zero attached hydrogens (tertiary/aromatic N) is 1. The van der Waals surface area contributed by atoms with Gasteiger partial charge in [0.15, 0.2) is 5.11 Å². The van der Waals surface area contributed by atoms with Crippen molar-refractivity contribution in [1.29, 1.82) is 0 Å². The van der Waals surface area contributed by atoms with Crippen molar-refractivity contribution in [2.45, 2.75) is 6.92 Å². The van der Waals surface area contributed by atoms with Gasteiger partial charge in [-0.25, -0.2) is 0 Å². The molecule has 0 fully saturated rings. The van der Waals surface area contributed by atoms with Crippen molar-refractivity contribution in [3.63, 3.8) is 0 Å². The Morgan fingerprint density at radius 2 is 1.83 bits per heavy atom. The quantitative estimate of drug-likeness (QED) is 0.570. The van der Waals surface area contributed by atoms with E-state index in [9.17, 15) is 0 Å². The third kappa shape index (κ3) is 5.01. The standard InChI is InChI=1S/C7H14Cl2N2S/c1-2-10-7(12)11(5-3-8)6-4-9/h2-6H2,1H3,(H,10,12). The molecular formula is C7H14Cl2N2S. The van der Waals surface area contributed by atoms with Crippen LogP contribution in [0.4, 0.5) is 0 Å². The Balaban J connectivity index is 3.81. The SMILES string of the molecule is CCNC(=S)N(CCCl)CCCl. The van der Waals surface area contributed by atoms with E-state index in [2.05, 4.69) is 5.32 Å². The van der Waals surface area contributed by atoms with E-state index in [0.717, 1.165) is 24.7 Å². The summed E-state index contributed by atoms with van der Waals surface area (Å²) >= 11 is 16.3. The van der Waals surface area contributed by atoms with Crippen LogP contribution in [0, 0.1) is 0 Å². The van der Waals surface area contributed by atoms with Gasteiger partial charge in [-0.15, -0.1) is 23.2 Å². The van der Waals surface area contributed by atoms with Crippen molar-refractivity contribution in [3.8, 4) is 0 Å². The van der Waals surface area contributed by atoms with E-state index in [0.29, 0.717) is 11.8 Å². The molecule has 0 heterocycles. The van der Waals surface area contributed by atoms with E-state index in [-0.39, 0.29) is 0 Å². The van der Waals surface area contributed by atoms with E-state index >= 15 is 0 Å². The number of rotatable bonds is 5. The molecule has 0 atom stereocenters. The molecule has 12 heavy (non-hydrogen) atoms. The molecule has 0 aromatic carbocycles. The van der Waals surface area contributed by atoms with Crippen LogP contribution >= 0.6 is 35.4 Å². The van der Waals surface area contributed by atoms with Crippen LogP contribution < -0.4 is 5.32 Å². The predicted octanol–water partition coefficient (Wildman–Crippen LogP) is 1.66. The van der Waals surface area contributed by atoms with Crippen LogP contribution in [0.15, 0.2) is 0 Å². The van der Waals surface area contributed by atoms with Crippen LogP contribution in [0.1, 0.15) is 6.92 Å². The molecule has 0 spiro atoms. The molecule has 0 aliphatic heterocycles. The Kier molecular flexibility index (Phi) is 8.07. The third-order valence-corrected chi connectivity index (χ3v) is 2.06. The molecule has 0 saturated heterocycles.